The van der Waals surface area contributed by atoms with Crippen molar-refractivity contribution in [2.24, 2.45) is 5.92 Å². The number of nitrogens with one attached hydrogen (secondary N) is 1. The zero-order valence-electron chi connectivity index (χ0n) is 9.81. The van der Waals surface area contributed by atoms with Gasteiger partial charge in [0.25, 0.3) is 0 Å². The Kier molecular flexibility index (Phi) is 6.18. The Bertz CT molecular complexity index is 309. The highest BCUT2D eigenvalue weighted by molar-refractivity contribution is 7.99. The summed E-state index contributed by atoms with van der Waals surface area (Å²) in [7, 11) is 0. The smallest absolute Gasteiger partial charge is 0.145 e. The molecule has 0 aromatic carbocycles. The Balaban J connectivity index is 2.46. The Morgan fingerprint density at radius 2 is 2.31 bits per heavy atom. The molecule has 0 saturated carbocycles. The molecule has 0 aliphatic carbocycles. The molecule has 1 unspecified atom stereocenters. The minimum Gasteiger partial charge on any atom is -0.396 e. The van der Waals surface area contributed by atoms with E-state index in [4.69, 9.17) is 5.11 Å². The van der Waals surface area contributed by atoms with Crippen LogP contribution in [0.15, 0.2) is 17.4 Å². The van der Waals surface area contributed by atoms with E-state index in [2.05, 4.69) is 22.2 Å². The molecule has 0 amide bonds. The van der Waals surface area contributed by atoms with Crippen LogP contribution in [0.25, 0.3) is 0 Å². The van der Waals surface area contributed by atoms with Crippen LogP contribution < -0.4 is 5.32 Å². The van der Waals surface area contributed by atoms with Crippen molar-refractivity contribution in [2.75, 3.05) is 24.2 Å². The molecule has 0 aliphatic rings. The number of hydrogen-bond acceptors (Lipinski definition) is 5. The van der Waals surface area contributed by atoms with E-state index in [0.717, 1.165) is 29.6 Å². The fourth-order valence-corrected chi connectivity index (χ4v) is 1.90. The summed E-state index contributed by atoms with van der Waals surface area (Å²) in [5.74, 6) is 1.98. The minimum atomic E-state index is 0.216. The van der Waals surface area contributed by atoms with Gasteiger partial charge in [0.1, 0.15) is 10.8 Å². The van der Waals surface area contributed by atoms with Crippen molar-refractivity contribution in [1.29, 1.82) is 0 Å². The molecular weight excluding hydrogens is 222 g/mol. The maximum atomic E-state index is 8.92. The van der Waals surface area contributed by atoms with Crippen LogP contribution >= 0.6 is 11.8 Å². The van der Waals surface area contributed by atoms with Crippen LogP contribution in [0.1, 0.15) is 20.3 Å². The second-order valence-corrected chi connectivity index (χ2v) is 4.81. The summed E-state index contributed by atoms with van der Waals surface area (Å²) in [5.41, 5.74) is 0. The summed E-state index contributed by atoms with van der Waals surface area (Å²) >= 11 is 1.63. The number of nitrogens with zero attached hydrogens (tertiary/aromatic N) is 2. The normalized spacial score (nSPS) is 12.4. The van der Waals surface area contributed by atoms with E-state index >= 15 is 0 Å². The Morgan fingerprint density at radius 1 is 1.50 bits per heavy atom. The highest BCUT2D eigenvalue weighted by Gasteiger charge is 2.03. The molecule has 1 rings (SSSR count). The SMILES string of the molecule is CCCNc1cncc(SCC(C)CO)n1. The molecule has 0 fully saturated rings. The molecule has 4 nitrogen and oxygen atoms in total. The summed E-state index contributed by atoms with van der Waals surface area (Å²) in [6.45, 7) is 5.26. The van der Waals surface area contributed by atoms with Gasteiger partial charge < -0.3 is 10.4 Å². The molecule has 0 bridgehead atoms. The Morgan fingerprint density at radius 3 is 3.00 bits per heavy atom. The van der Waals surface area contributed by atoms with Gasteiger partial charge in [0.2, 0.25) is 0 Å². The first-order valence-corrected chi connectivity index (χ1v) is 6.54. The molecular formula is C11H19N3OS. The molecule has 0 spiro atoms. The first-order valence-electron chi connectivity index (χ1n) is 5.55. The molecule has 1 heterocycles. The van der Waals surface area contributed by atoms with Gasteiger partial charge in [-0.15, -0.1) is 11.8 Å². The molecule has 1 atom stereocenters. The van der Waals surface area contributed by atoms with Gasteiger partial charge in [-0.3, -0.25) is 4.98 Å². The number of aromatic nitrogens is 2. The summed E-state index contributed by atoms with van der Waals surface area (Å²) in [6.07, 6.45) is 4.56. The Hall–Kier alpha value is -0.810. The van der Waals surface area contributed by atoms with Gasteiger partial charge in [0, 0.05) is 18.9 Å². The average Bonchev–Trinajstić information content (AvgIpc) is 2.34. The summed E-state index contributed by atoms with van der Waals surface area (Å²) < 4.78 is 0. The highest BCUT2D eigenvalue weighted by Crippen LogP contribution is 2.18. The van der Waals surface area contributed by atoms with E-state index < -0.39 is 0 Å². The lowest BCUT2D eigenvalue weighted by Crippen LogP contribution is -2.05. The van der Waals surface area contributed by atoms with Crippen LogP contribution in [0.5, 0.6) is 0 Å². The molecule has 16 heavy (non-hydrogen) atoms. The summed E-state index contributed by atoms with van der Waals surface area (Å²) in [5, 5.41) is 13.0. The van der Waals surface area contributed by atoms with Crippen molar-refractivity contribution in [1.82, 2.24) is 9.97 Å². The van der Waals surface area contributed by atoms with Gasteiger partial charge >= 0.3 is 0 Å². The predicted octanol–water partition coefficient (Wildman–Crippen LogP) is 2.02. The van der Waals surface area contributed by atoms with Crippen LogP contribution in [0, 0.1) is 5.92 Å². The van der Waals surface area contributed by atoms with Gasteiger partial charge in [0.05, 0.1) is 12.4 Å². The first kappa shape index (κ1) is 13.3. The van der Waals surface area contributed by atoms with Crippen molar-refractivity contribution in [3.63, 3.8) is 0 Å². The predicted molar refractivity (Wildman–Crippen MR) is 67.8 cm³/mol. The summed E-state index contributed by atoms with van der Waals surface area (Å²) in [6, 6.07) is 0. The van der Waals surface area contributed by atoms with Crippen LogP contribution in [-0.4, -0.2) is 34.0 Å². The lowest BCUT2D eigenvalue weighted by molar-refractivity contribution is 0.250. The third-order valence-corrected chi connectivity index (χ3v) is 3.22. The molecule has 0 saturated heterocycles. The molecule has 2 N–H and O–H groups in total. The van der Waals surface area contributed by atoms with E-state index in [-0.39, 0.29) is 6.61 Å². The van der Waals surface area contributed by atoms with Crippen LogP contribution in [0.3, 0.4) is 0 Å². The lowest BCUT2D eigenvalue weighted by Gasteiger charge is -2.08. The topological polar surface area (TPSA) is 58.0 Å². The Labute approximate surface area is 101 Å². The van der Waals surface area contributed by atoms with E-state index in [1.165, 1.54) is 0 Å². The van der Waals surface area contributed by atoms with Crippen molar-refractivity contribution in [2.45, 2.75) is 25.3 Å². The highest BCUT2D eigenvalue weighted by atomic mass is 32.2. The number of anilines is 1. The second-order valence-electron chi connectivity index (χ2n) is 3.77. The number of aliphatic hydroxyl groups excluding tert-OH is 1. The first-order chi connectivity index (χ1) is 7.76. The van der Waals surface area contributed by atoms with Gasteiger partial charge in [-0.2, -0.15) is 0 Å². The number of thioether (sulfide) groups is 1. The standard InChI is InChI=1S/C11H19N3OS/c1-3-4-13-10-5-12-6-11(14-10)16-8-9(2)7-15/h5-6,9,15H,3-4,7-8H2,1-2H3,(H,13,14). The van der Waals surface area contributed by atoms with Crippen LogP contribution in [0.4, 0.5) is 5.82 Å². The van der Waals surface area contributed by atoms with Crippen LogP contribution in [-0.2, 0) is 0 Å². The maximum Gasteiger partial charge on any atom is 0.145 e. The third-order valence-electron chi connectivity index (χ3n) is 2.00. The molecule has 1 aromatic heterocycles. The largest absolute Gasteiger partial charge is 0.396 e. The molecule has 1 aromatic rings. The fraction of sp³-hybridized carbons (Fsp3) is 0.636. The third kappa shape index (κ3) is 4.81. The second kappa shape index (κ2) is 7.46. The lowest BCUT2D eigenvalue weighted by atomic mass is 10.2. The fourth-order valence-electron chi connectivity index (χ4n) is 1.04. The molecule has 0 radical (unpaired) electrons. The molecule has 0 aliphatic heterocycles. The van der Waals surface area contributed by atoms with Gasteiger partial charge in [0.15, 0.2) is 0 Å². The van der Waals surface area contributed by atoms with Gasteiger partial charge in [-0.1, -0.05) is 13.8 Å². The zero-order valence-corrected chi connectivity index (χ0v) is 10.6. The van der Waals surface area contributed by atoms with E-state index in [1.54, 1.807) is 24.2 Å². The number of hydrogen-bond donors (Lipinski definition) is 2. The molecule has 90 valence electrons. The van der Waals surface area contributed by atoms with E-state index in [1.807, 2.05) is 6.92 Å². The van der Waals surface area contributed by atoms with Crippen molar-refractivity contribution >= 4 is 17.6 Å². The van der Waals surface area contributed by atoms with E-state index in [9.17, 15) is 0 Å². The van der Waals surface area contributed by atoms with Crippen molar-refractivity contribution in [3.05, 3.63) is 12.4 Å². The quantitative estimate of drug-likeness (QED) is 0.715. The summed E-state index contributed by atoms with van der Waals surface area (Å²) in [4.78, 5) is 8.56. The molecule has 5 heteroatoms. The van der Waals surface area contributed by atoms with Crippen molar-refractivity contribution in [3.8, 4) is 0 Å². The monoisotopic (exact) mass is 241 g/mol. The zero-order chi connectivity index (χ0) is 11.8. The van der Waals surface area contributed by atoms with Crippen molar-refractivity contribution < 1.29 is 5.11 Å². The van der Waals surface area contributed by atoms with Gasteiger partial charge in [-0.05, 0) is 12.3 Å². The maximum absolute atomic E-state index is 8.92. The number of rotatable bonds is 7. The minimum absolute atomic E-state index is 0.216. The van der Waals surface area contributed by atoms with Gasteiger partial charge in [-0.25, -0.2) is 4.98 Å². The van der Waals surface area contributed by atoms with E-state index in [0.29, 0.717) is 5.92 Å². The van der Waals surface area contributed by atoms with Crippen LogP contribution in [0.2, 0.25) is 0 Å². The number of aliphatic hydroxyl groups is 1. The average molecular weight is 241 g/mol.